The molecule has 0 aromatic heterocycles. The molecule has 1 rings (SSSR count). The molecule has 0 saturated carbocycles. The quantitative estimate of drug-likeness (QED) is 0.112. The van der Waals surface area contributed by atoms with Gasteiger partial charge in [0.05, 0.1) is 5.97 Å². The van der Waals surface area contributed by atoms with E-state index in [-0.39, 0.29) is 30.3 Å². The van der Waals surface area contributed by atoms with E-state index in [0.717, 1.165) is 37.7 Å². The standard InChI is InChI=1S/C17H34O2.C9H10O2.2C4H9.Sn/c1-2-3-4-5-6-7-8-9-10-11-12-13-14-15-16-17(18)19;1-2-7-5-3-4-6-8(7)9(10)11;2*1-3-4-2;/h2-16H2,1H3,(H,18,19);3-6H,2H2,1H3,(H,10,11);2*1,3-4H2,2H3;/q;;;;+2/p-2. The fourth-order valence-corrected chi connectivity index (χ4v) is 3.49. The van der Waals surface area contributed by atoms with E-state index in [1.807, 2.05) is 13.0 Å². The molecule has 0 atom stereocenters. The van der Waals surface area contributed by atoms with E-state index in [1.165, 1.54) is 89.9 Å². The van der Waals surface area contributed by atoms with E-state index >= 15 is 0 Å². The Labute approximate surface area is 260 Å². The Balaban J connectivity index is -0.000000256. The van der Waals surface area contributed by atoms with Gasteiger partial charge >= 0.3 is 23.9 Å². The fourth-order valence-electron chi connectivity index (χ4n) is 3.49. The molecule has 0 unspecified atom stereocenters. The van der Waals surface area contributed by atoms with Crippen LogP contribution in [0.3, 0.4) is 0 Å². The molecule has 0 spiro atoms. The minimum absolute atomic E-state index is 0. The molecule has 0 amide bonds. The summed E-state index contributed by atoms with van der Waals surface area (Å²) >= 11 is 0. The van der Waals surface area contributed by atoms with Crippen molar-refractivity contribution in [2.45, 2.75) is 156 Å². The normalized spacial score (nSPS) is 9.49. The van der Waals surface area contributed by atoms with E-state index in [1.54, 1.807) is 18.2 Å². The van der Waals surface area contributed by atoms with Crippen molar-refractivity contribution in [3.05, 3.63) is 49.2 Å². The molecule has 0 aliphatic heterocycles. The Morgan fingerprint density at radius 1 is 0.615 bits per heavy atom. The average molecular weight is 652 g/mol. The van der Waals surface area contributed by atoms with Crippen molar-refractivity contribution >= 4 is 35.8 Å². The van der Waals surface area contributed by atoms with Gasteiger partial charge in [-0.3, -0.25) is 0 Å². The average Bonchev–Trinajstić information content (AvgIpc) is 2.93. The molecular formula is C34H60O4Sn. The monoisotopic (exact) mass is 652 g/mol. The van der Waals surface area contributed by atoms with Crippen molar-refractivity contribution in [1.29, 1.82) is 0 Å². The molecule has 0 saturated heterocycles. The Morgan fingerprint density at radius 3 is 1.26 bits per heavy atom. The van der Waals surface area contributed by atoms with Crippen molar-refractivity contribution in [2.75, 3.05) is 0 Å². The third-order valence-electron chi connectivity index (χ3n) is 6.06. The van der Waals surface area contributed by atoms with Crippen LogP contribution in [-0.4, -0.2) is 35.8 Å². The number of carboxylic acids is 2. The third kappa shape index (κ3) is 39.2. The van der Waals surface area contributed by atoms with Gasteiger partial charge in [0, 0.05) is 11.5 Å². The third-order valence-corrected chi connectivity index (χ3v) is 6.06. The summed E-state index contributed by atoms with van der Waals surface area (Å²) in [5, 5.41) is 20.7. The van der Waals surface area contributed by atoms with Crippen LogP contribution in [0, 0.1) is 13.8 Å². The zero-order valence-electron chi connectivity index (χ0n) is 26.0. The first-order chi connectivity index (χ1) is 18.4. The van der Waals surface area contributed by atoms with Crippen LogP contribution in [-0.2, 0) is 11.2 Å². The first kappa shape index (κ1) is 45.0. The number of aryl methyl sites for hydroxylation is 1. The minimum Gasteiger partial charge on any atom is -0.550 e. The molecule has 39 heavy (non-hydrogen) atoms. The van der Waals surface area contributed by atoms with Crippen LogP contribution in [0.2, 0.25) is 0 Å². The SMILES string of the molecule is CCCCCCCCCCCCCCCCC(=O)[O-].CCc1ccccc1C(=O)[O-].[CH2]CCC.[CH2]CCC.[Sn+2]. The second-order valence-corrected chi connectivity index (χ2v) is 9.72. The van der Waals surface area contributed by atoms with Crippen LogP contribution < -0.4 is 10.2 Å². The van der Waals surface area contributed by atoms with Gasteiger partial charge < -0.3 is 19.8 Å². The number of aliphatic carboxylic acids is 1. The van der Waals surface area contributed by atoms with Gasteiger partial charge in [0.15, 0.2) is 0 Å². The van der Waals surface area contributed by atoms with Gasteiger partial charge in [0.2, 0.25) is 0 Å². The van der Waals surface area contributed by atoms with Gasteiger partial charge in [-0.2, -0.15) is 0 Å². The number of hydrogen-bond acceptors (Lipinski definition) is 4. The Hall–Kier alpha value is -1.04. The zero-order valence-corrected chi connectivity index (χ0v) is 28.9. The molecule has 0 aliphatic rings. The maximum atomic E-state index is 10.5. The Bertz CT molecular complexity index is 611. The summed E-state index contributed by atoms with van der Waals surface area (Å²) in [6.07, 6.45) is 23.7. The van der Waals surface area contributed by atoms with Gasteiger partial charge in [0.1, 0.15) is 0 Å². The summed E-state index contributed by atoms with van der Waals surface area (Å²) in [5.41, 5.74) is 1.13. The van der Waals surface area contributed by atoms with Crippen LogP contribution >= 0.6 is 0 Å². The largest absolute Gasteiger partial charge is 2.00 e. The van der Waals surface area contributed by atoms with E-state index in [0.29, 0.717) is 5.56 Å². The summed E-state index contributed by atoms with van der Waals surface area (Å²) in [6.45, 7) is 15.6. The van der Waals surface area contributed by atoms with E-state index in [9.17, 15) is 19.8 Å². The predicted octanol–water partition coefficient (Wildman–Crippen LogP) is 8.08. The van der Waals surface area contributed by atoms with Crippen molar-refractivity contribution in [2.24, 2.45) is 0 Å². The molecule has 5 heteroatoms. The summed E-state index contributed by atoms with van der Waals surface area (Å²) in [6, 6.07) is 6.88. The second kappa shape index (κ2) is 39.1. The van der Waals surface area contributed by atoms with Crippen LogP contribution in [0.25, 0.3) is 0 Å². The van der Waals surface area contributed by atoms with Crippen LogP contribution in [0.4, 0.5) is 0 Å². The summed E-state index contributed by atoms with van der Waals surface area (Å²) < 4.78 is 0. The smallest absolute Gasteiger partial charge is 0.550 e. The molecule has 4 radical (unpaired) electrons. The number of carbonyl (C=O) groups excluding carboxylic acids is 2. The molecule has 1 aromatic rings. The molecule has 224 valence electrons. The number of carboxylic acid groups (broad SMARTS) is 2. The number of hydrogen-bond donors (Lipinski definition) is 0. The van der Waals surface area contributed by atoms with Gasteiger partial charge in [-0.25, -0.2) is 0 Å². The van der Waals surface area contributed by atoms with Crippen LogP contribution in [0.5, 0.6) is 0 Å². The van der Waals surface area contributed by atoms with Gasteiger partial charge in [-0.15, -0.1) is 0 Å². The van der Waals surface area contributed by atoms with Crippen LogP contribution in [0.15, 0.2) is 24.3 Å². The molecule has 0 bridgehead atoms. The molecule has 0 N–H and O–H groups in total. The molecule has 0 heterocycles. The number of rotatable bonds is 19. The molecular weight excluding hydrogens is 591 g/mol. The fraction of sp³-hybridized carbons (Fsp3) is 0.706. The second-order valence-electron chi connectivity index (χ2n) is 9.72. The first-order valence-electron chi connectivity index (χ1n) is 15.4. The Morgan fingerprint density at radius 2 is 0.974 bits per heavy atom. The molecule has 0 aliphatic carbocycles. The van der Waals surface area contributed by atoms with E-state index < -0.39 is 11.9 Å². The predicted molar refractivity (Wildman–Crippen MR) is 166 cm³/mol. The molecule has 4 nitrogen and oxygen atoms in total. The first-order valence-corrected chi connectivity index (χ1v) is 15.4. The van der Waals surface area contributed by atoms with E-state index in [2.05, 4.69) is 34.6 Å². The van der Waals surface area contributed by atoms with E-state index in [4.69, 9.17) is 0 Å². The van der Waals surface area contributed by atoms with Crippen molar-refractivity contribution < 1.29 is 19.8 Å². The number of unbranched alkanes of at least 4 members (excludes halogenated alkanes) is 15. The van der Waals surface area contributed by atoms with Crippen molar-refractivity contribution in [1.82, 2.24) is 0 Å². The van der Waals surface area contributed by atoms with Gasteiger partial charge in [-0.1, -0.05) is 175 Å². The summed E-state index contributed by atoms with van der Waals surface area (Å²) in [5.74, 6) is -2.00. The Kier molecular flexibility index (Phi) is 45.1. The topological polar surface area (TPSA) is 80.3 Å². The van der Waals surface area contributed by atoms with Crippen LogP contribution in [0.1, 0.15) is 166 Å². The van der Waals surface area contributed by atoms with Crippen molar-refractivity contribution in [3.63, 3.8) is 0 Å². The van der Waals surface area contributed by atoms with Gasteiger partial charge in [-0.05, 0) is 24.8 Å². The summed E-state index contributed by atoms with van der Waals surface area (Å²) in [4.78, 5) is 20.7. The minimum atomic E-state index is -1.09. The van der Waals surface area contributed by atoms with Crippen molar-refractivity contribution in [3.8, 4) is 0 Å². The van der Waals surface area contributed by atoms with Gasteiger partial charge in [0.25, 0.3) is 0 Å². The summed E-state index contributed by atoms with van der Waals surface area (Å²) in [7, 11) is 0. The number of benzene rings is 1. The number of carbonyl (C=O) groups is 2. The maximum absolute atomic E-state index is 10.5. The number of aromatic carboxylic acids is 1. The molecule has 1 aromatic carbocycles. The zero-order chi connectivity index (χ0) is 29.3. The maximum Gasteiger partial charge on any atom is 2.00 e. The molecule has 0 fully saturated rings.